The van der Waals surface area contributed by atoms with Gasteiger partial charge in [-0.1, -0.05) is 18.1 Å². The highest BCUT2D eigenvalue weighted by molar-refractivity contribution is 5.20. The summed E-state index contributed by atoms with van der Waals surface area (Å²) >= 11 is 0. The molecule has 96 valence electrons. The van der Waals surface area contributed by atoms with Gasteiger partial charge in [-0.3, -0.25) is 0 Å². The number of benzene rings is 1. The largest absolute Gasteiger partial charge is 0.339 e. The van der Waals surface area contributed by atoms with Gasteiger partial charge >= 0.3 is 0 Å². The van der Waals surface area contributed by atoms with Crippen molar-refractivity contribution in [3.8, 4) is 0 Å². The molecule has 1 aromatic carbocycles. The molecule has 1 aromatic heterocycles. The molecule has 2 rings (SSSR count). The number of nitrogens with zero attached hydrogens (tertiary/aromatic N) is 2. The van der Waals surface area contributed by atoms with Gasteiger partial charge in [0.15, 0.2) is 17.5 Å². The average Bonchev–Trinajstić information content (AvgIpc) is 2.81. The van der Waals surface area contributed by atoms with Gasteiger partial charge in [0, 0.05) is 12.5 Å². The summed E-state index contributed by atoms with van der Waals surface area (Å²) in [4.78, 5) is 4.15. The Kier molecular flexibility index (Phi) is 3.66. The first-order valence-electron chi connectivity index (χ1n) is 5.56. The van der Waals surface area contributed by atoms with E-state index in [2.05, 4.69) is 10.1 Å². The fourth-order valence-electron chi connectivity index (χ4n) is 1.47. The maximum absolute atomic E-state index is 13.0. The van der Waals surface area contributed by atoms with Gasteiger partial charge in [-0.25, -0.2) is 8.78 Å². The average molecular weight is 253 g/mol. The molecule has 6 heteroatoms. The minimum absolute atomic E-state index is 0.00690. The number of hydrogen-bond acceptors (Lipinski definition) is 4. The lowest BCUT2D eigenvalue weighted by Crippen LogP contribution is -2.10. The fourth-order valence-corrected chi connectivity index (χ4v) is 1.47. The monoisotopic (exact) mass is 253 g/mol. The molecule has 0 spiro atoms. The zero-order chi connectivity index (χ0) is 13.1. The number of rotatable bonds is 4. The smallest absolute Gasteiger partial charge is 0.231 e. The number of aromatic nitrogens is 2. The Hall–Kier alpha value is -1.82. The highest BCUT2D eigenvalue weighted by Crippen LogP contribution is 2.14. The van der Waals surface area contributed by atoms with Crippen LogP contribution >= 0.6 is 0 Å². The van der Waals surface area contributed by atoms with Crippen LogP contribution in [0.15, 0.2) is 22.7 Å². The third kappa shape index (κ3) is 2.70. The molecule has 0 aliphatic rings. The summed E-state index contributed by atoms with van der Waals surface area (Å²) in [5.41, 5.74) is 6.06. The summed E-state index contributed by atoms with van der Waals surface area (Å²) in [6.07, 6.45) is 0.265. The van der Waals surface area contributed by atoms with Crippen LogP contribution in [0.25, 0.3) is 0 Å². The lowest BCUT2D eigenvalue weighted by atomic mass is 10.1. The molecule has 18 heavy (non-hydrogen) atoms. The lowest BCUT2D eigenvalue weighted by Gasteiger charge is -1.99. The van der Waals surface area contributed by atoms with E-state index in [1.807, 2.05) is 6.92 Å². The summed E-state index contributed by atoms with van der Waals surface area (Å²) in [7, 11) is 0. The van der Waals surface area contributed by atoms with E-state index in [1.54, 1.807) is 0 Å². The zero-order valence-corrected chi connectivity index (χ0v) is 9.86. The molecule has 0 bridgehead atoms. The lowest BCUT2D eigenvalue weighted by molar-refractivity contribution is 0.376. The maximum Gasteiger partial charge on any atom is 0.231 e. The first-order chi connectivity index (χ1) is 8.60. The van der Waals surface area contributed by atoms with Gasteiger partial charge in [0.1, 0.15) is 0 Å². The van der Waals surface area contributed by atoms with Crippen molar-refractivity contribution in [3.05, 3.63) is 47.1 Å². The van der Waals surface area contributed by atoms with Crippen LogP contribution in [0.5, 0.6) is 0 Å². The quantitative estimate of drug-likeness (QED) is 0.905. The first kappa shape index (κ1) is 12.6. The van der Waals surface area contributed by atoms with Gasteiger partial charge in [-0.15, -0.1) is 0 Å². The van der Waals surface area contributed by atoms with Gasteiger partial charge in [-0.2, -0.15) is 4.98 Å². The number of hydrogen-bond donors (Lipinski definition) is 1. The minimum atomic E-state index is -0.887. The van der Waals surface area contributed by atoms with Crippen LogP contribution < -0.4 is 5.73 Å². The van der Waals surface area contributed by atoms with Gasteiger partial charge in [0.05, 0.1) is 6.42 Å². The molecular formula is C12H13F2N3O. The molecule has 1 heterocycles. The minimum Gasteiger partial charge on any atom is -0.339 e. The summed E-state index contributed by atoms with van der Waals surface area (Å²) in [6, 6.07) is 3.67. The Bertz CT molecular complexity index is 542. The summed E-state index contributed by atoms with van der Waals surface area (Å²) < 4.78 is 30.8. The predicted octanol–water partition coefficient (Wildman–Crippen LogP) is 2.00. The molecule has 0 fully saturated rings. The van der Waals surface area contributed by atoms with Crippen LogP contribution in [0.4, 0.5) is 8.78 Å². The van der Waals surface area contributed by atoms with E-state index in [4.69, 9.17) is 10.3 Å². The highest BCUT2D eigenvalue weighted by Gasteiger charge is 2.13. The van der Waals surface area contributed by atoms with Gasteiger partial charge < -0.3 is 10.3 Å². The maximum atomic E-state index is 13.0. The SMILES string of the molecule is CC(CN)c1noc(Cc2ccc(F)c(F)c2)n1. The second-order valence-corrected chi connectivity index (χ2v) is 4.11. The number of nitrogens with two attached hydrogens (primary N) is 1. The van der Waals surface area contributed by atoms with E-state index in [9.17, 15) is 8.78 Å². The highest BCUT2D eigenvalue weighted by atomic mass is 19.2. The molecular weight excluding hydrogens is 240 g/mol. The van der Waals surface area contributed by atoms with E-state index in [0.29, 0.717) is 23.8 Å². The molecule has 2 N–H and O–H groups in total. The van der Waals surface area contributed by atoms with Crippen molar-refractivity contribution in [3.63, 3.8) is 0 Å². The summed E-state index contributed by atoms with van der Waals surface area (Å²) in [6.45, 7) is 2.30. The van der Waals surface area contributed by atoms with Crippen molar-refractivity contribution in [1.82, 2.24) is 10.1 Å². The molecule has 1 unspecified atom stereocenters. The molecule has 0 radical (unpaired) electrons. The van der Waals surface area contributed by atoms with Gasteiger partial charge in [-0.05, 0) is 17.7 Å². The van der Waals surface area contributed by atoms with Crippen LogP contribution in [0.2, 0.25) is 0 Å². The van der Waals surface area contributed by atoms with Crippen molar-refractivity contribution in [2.75, 3.05) is 6.54 Å². The normalized spacial score (nSPS) is 12.7. The second-order valence-electron chi connectivity index (χ2n) is 4.11. The second kappa shape index (κ2) is 5.22. The van der Waals surface area contributed by atoms with Crippen molar-refractivity contribution in [2.24, 2.45) is 5.73 Å². The molecule has 2 aromatic rings. The van der Waals surface area contributed by atoms with Crippen molar-refractivity contribution < 1.29 is 13.3 Å². The van der Waals surface area contributed by atoms with E-state index in [-0.39, 0.29) is 12.3 Å². The fraction of sp³-hybridized carbons (Fsp3) is 0.333. The van der Waals surface area contributed by atoms with Crippen molar-refractivity contribution in [1.29, 1.82) is 0 Å². The van der Waals surface area contributed by atoms with E-state index < -0.39 is 11.6 Å². The molecule has 0 aliphatic heterocycles. The topological polar surface area (TPSA) is 64.9 Å². The molecule has 0 aliphatic carbocycles. The van der Waals surface area contributed by atoms with Crippen molar-refractivity contribution in [2.45, 2.75) is 19.3 Å². The Morgan fingerprint density at radius 2 is 2.11 bits per heavy atom. The Balaban J connectivity index is 2.13. The molecule has 0 saturated heterocycles. The number of halogens is 2. The van der Waals surface area contributed by atoms with E-state index in [0.717, 1.165) is 12.1 Å². The van der Waals surface area contributed by atoms with E-state index in [1.165, 1.54) is 6.07 Å². The Labute approximate surface area is 103 Å². The summed E-state index contributed by atoms with van der Waals surface area (Å²) in [5, 5.41) is 3.79. The van der Waals surface area contributed by atoms with E-state index >= 15 is 0 Å². The third-order valence-electron chi connectivity index (χ3n) is 2.62. The van der Waals surface area contributed by atoms with Crippen LogP contribution in [-0.2, 0) is 6.42 Å². The Morgan fingerprint density at radius 3 is 2.78 bits per heavy atom. The van der Waals surface area contributed by atoms with Crippen LogP contribution in [0.1, 0.15) is 30.1 Å². The summed E-state index contributed by atoms with van der Waals surface area (Å²) in [5.74, 6) is -0.872. The molecule has 0 saturated carbocycles. The van der Waals surface area contributed by atoms with Gasteiger partial charge in [0.25, 0.3) is 0 Å². The molecule has 4 nitrogen and oxygen atoms in total. The van der Waals surface area contributed by atoms with Crippen LogP contribution in [-0.4, -0.2) is 16.7 Å². The third-order valence-corrected chi connectivity index (χ3v) is 2.62. The molecule has 1 atom stereocenters. The predicted molar refractivity (Wildman–Crippen MR) is 60.9 cm³/mol. The van der Waals surface area contributed by atoms with Crippen LogP contribution in [0.3, 0.4) is 0 Å². The van der Waals surface area contributed by atoms with Crippen LogP contribution in [0, 0.1) is 11.6 Å². The van der Waals surface area contributed by atoms with Crippen molar-refractivity contribution >= 4 is 0 Å². The Morgan fingerprint density at radius 1 is 1.33 bits per heavy atom. The van der Waals surface area contributed by atoms with Gasteiger partial charge in [0.2, 0.25) is 5.89 Å². The molecule has 0 amide bonds. The standard InChI is InChI=1S/C12H13F2N3O/c1-7(6-15)12-16-11(18-17-12)5-8-2-3-9(13)10(14)4-8/h2-4,7H,5-6,15H2,1H3. The zero-order valence-electron chi connectivity index (χ0n) is 9.86. The first-order valence-corrected chi connectivity index (χ1v) is 5.56.